The summed E-state index contributed by atoms with van der Waals surface area (Å²) in [7, 11) is 0. The number of nitro benzene ring substituents is 1. The van der Waals surface area contributed by atoms with Crippen LogP contribution in [0.4, 0.5) is 5.69 Å². The van der Waals surface area contributed by atoms with Crippen molar-refractivity contribution < 1.29 is 9.72 Å². The van der Waals surface area contributed by atoms with Crippen LogP contribution in [-0.2, 0) is 4.79 Å². The van der Waals surface area contributed by atoms with Crippen LogP contribution in [0.3, 0.4) is 0 Å². The molecular formula is C10H10N2O3. The molecule has 0 atom stereocenters. The fourth-order valence-electron chi connectivity index (χ4n) is 1.21. The number of hydrogen-bond acceptors (Lipinski definition) is 3. The number of benzene rings is 1. The van der Waals surface area contributed by atoms with E-state index in [0.29, 0.717) is 5.56 Å². The molecule has 0 aromatic heterocycles. The highest BCUT2D eigenvalue weighted by molar-refractivity contribution is 5.91. The molecule has 0 spiro atoms. The number of carbonyl (C=O) groups is 1. The van der Waals surface area contributed by atoms with E-state index in [1.807, 2.05) is 0 Å². The van der Waals surface area contributed by atoms with E-state index in [1.54, 1.807) is 19.1 Å². The average Bonchev–Trinajstić information content (AvgIpc) is 2.15. The summed E-state index contributed by atoms with van der Waals surface area (Å²) >= 11 is 0. The van der Waals surface area contributed by atoms with Gasteiger partial charge in [-0.05, 0) is 18.6 Å². The highest BCUT2D eigenvalue weighted by atomic mass is 16.6. The molecule has 0 aliphatic rings. The Bertz CT molecular complexity index is 438. The first kappa shape index (κ1) is 10.9. The summed E-state index contributed by atoms with van der Waals surface area (Å²) in [5.41, 5.74) is 6.01. The number of nitrogens with two attached hydrogens (primary N) is 1. The van der Waals surface area contributed by atoms with Crippen molar-refractivity contribution in [2.24, 2.45) is 5.73 Å². The lowest BCUT2D eigenvalue weighted by molar-refractivity contribution is -0.385. The number of rotatable bonds is 3. The normalized spacial score (nSPS) is 10.5. The quantitative estimate of drug-likeness (QED) is 0.460. The third-order valence-corrected chi connectivity index (χ3v) is 1.91. The van der Waals surface area contributed by atoms with Crippen LogP contribution in [-0.4, -0.2) is 10.8 Å². The number of nitrogens with zero attached hydrogens (tertiary/aromatic N) is 1. The number of amides is 1. The highest BCUT2D eigenvalue weighted by Crippen LogP contribution is 2.22. The Morgan fingerprint density at radius 3 is 2.73 bits per heavy atom. The van der Waals surface area contributed by atoms with Crippen molar-refractivity contribution in [1.82, 2.24) is 0 Å². The van der Waals surface area contributed by atoms with Crippen LogP contribution in [0, 0.1) is 17.0 Å². The number of carbonyl (C=O) groups excluding carboxylic acids is 1. The van der Waals surface area contributed by atoms with Crippen LogP contribution in [0.2, 0.25) is 0 Å². The van der Waals surface area contributed by atoms with Gasteiger partial charge in [0.25, 0.3) is 5.69 Å². The van der Waals surface area contributed by atoms with Gasteiger partial charge in [0.15, 0.2) is 0 Å². The summed E-state index contributed by atoms with van der Waals surface area (Å²) in [6.07, 6.45) is 2.46. The molecule has 2 N–H and O–H groups in total. The Kier molecular flexibility index (Phi) is 3.17. The van der Waals surface area contributed by atoms with Crippen molar-refractivity contribution in [1.29, 1.82) is 0 Å². The summed E-state index contributed by atoms with van der Waals surface area (Å²) in [6, 6.07) is 4.70. The third-order valence-electron chi connectivity index (χ3n) is 1.91. The van der Waals surface area contributed by atoms with E-state index in [0.717, 1.165) is 11.6 Å². The monoisotopic (exact) mass is 206 g/mol. The van der Waals surface area contributed by atoms with Crippen LogP contribution in [0.5, 0.6) is 0 Å². The maximum absolute atomic E-state index is 10.7. The molecule has 1 aromatic rings. The van der Waals surface area contributed by atoms with E-state index >= 15 is 0 Å². The third kappa shape index (κ3) is 2.63. The van der Waals surface area contributed by atoms with Crippen LogP contribution in [0.25, 0.3) is 6.08 Å². The molecular weight excluding hydrogens is 196 g/mol. The molecule has 0 heterocycles. The van der Waals surface area contributed by atoms with E-state index in [2.05, 4.69) is 0 Å². The molecule has 0 saturated carbocycles. The minimum Gasteiger partial charge on any atom is -0.366 e. The molecule has 0 fully saturated rings. The van der Waals surface area contributed by atoms with Crippen LogP contribution < -0.4 is 5.73 Å². The van der Waals surface area contributed by atoms with Crippen molar-refractivity contribution in [3.05, 3.63) is 45.5 Å². The Balaban J connectivity index is 3.25. The first-order valence-corrected chi connectivity index (χ1v) is 4.24. The van der Waals surface area contributed by atoms with Gasteiger partial charge >= 0.3 is 0 Å². The highest BCUT2D eigenvalue weighted by Gasteiger charge is 2.12. The molecule has 0 radical (unpaired) electrons. The smallest absolute Gasteiger partial charge is 0.276 e. The zero-order valence-corrected chi connectivity index (χ0v) is 8.14. The first-order valence-electron chi connectivity index (χ1n) is 4.24. The molecule has 1 amide bonds. The van der Waals surface area contributed by atoms with Crippen molar-refractivity contribution >= 4 is 17.7 Å². The van der Waals surface area contributed by atoms with E-state index in [-0.39, 0.29) is 5.69 Å². The minimum atomic E-state index is -0.632. The fraction of sp³-hybridized carbons (Fsp3) is 0.100. The Labute approximate surface area is 86.4 Å². The van der Waals surface area contributed by atoms with Gasteiger partial charge in [0, 0.05) is 12.1 Å². The summed E-state index contributed by atoms with van der Waals surface area (Å²) < 4.78 is 0. The zero-order chi connectivity index (χ0) is 11.4. The molecule has 0 saturated heterocycles. The van der Waals surface area contributed by atoms with Crippen LogP contribution in [0.1, 0.15) is 11.1 Å². The largest absolute Gasteiger partial charge is 0.366 e. The van der Waals surface area contributed by atoms with Crippen LogP contribution in [0.15, 0.2) is 24.3 Å². The van der Waals surface area contributed by atoms with Crippen molar-refractivity contribution in [2.75, 3.05) is 0 Å². The zero-order valence-electron chi connectivity index (χ0n) is 8.14. The van der Waals surface area contributed by atoms with Crippen molar-refractivity contribution in [3.8, 4) is 0 Å². The van der Waals surface area contributed by atoms with Gasteiger partial charge in [-0.3, -0.25) is 14.9 Å². The summed E-state index contributed by atoms with van der Waals surface area (Å²) in [5, 5.41) is 10.7. The number of hydrogen-bond donors (Lipinski definition) is 1. The topological polar surface area (TPSA) is 86.2 Å². The predicted molar refractivity (Wildman–Crippen MR) is 56.1 cm³/mol. The van der Waals surface area contributed by atoms with E-state index < -0.39 is 10.8 Å². The Morgan fingerprint density at radius 2 is 2.20 bits per heavy atom. The molecule has 0 aliphatic carbocycles. The maximum Gasteiger partial charge on any atom is 0.276 e. The van der Waals surface area contributed by atoms with Gasteiger partial charge in [0.2, 0.25) is 5.91 Å². The lowest BCUT2D eigenvalue weighted by Gasteiger charge is -2.00. The number of primary amides is 1. The van der Waals surface area contributed by atoms with Gasteiger partial charge in [-0.25, -0.2) is 0 Å². The van der Waals surface area contributed by atoms with Crippen LogP contribution >= 0.6 is 0 Å². The van der Waals surface area contributed by atoms with Crippen molar-refractivity contribution in [2.45, 2.75) is 6.92 Å². The predicted octanol–water partition coefficient (Wildman–Crippen LogP) is 1.40. The summed E-state index contributed by atoms with van der Waals surface area (Å²) in [4.78, 5) is 20.7. The summed E-state index contributed by atoms with van der Waals surface area (Å²) in [6.45, 7) is 1.73. The molecule has 5 nitrogen and oxygen atoms in total. The molecule has 0 unspecified atom stereocenters. The molecule has 1 aromatic carbocycles. The van der Waals surface area contributed by atoms with Gasteiger partial charge < -0.3 is 5.73 Å². The summed E-state index contributed by atoms with van der Waals surface area (Å²) in [5.74, 6) is -0.632. The van der Waals surface area contributed by atoms with Gasteiger partial charge in [-0.1, -0.05) is 12.1 Å². The SMILES string of the molecule is Cc1cccc([N+](=O)[O-])c1C=CC(N)=O. The van der Waals surface area contributed by atoms with E-state index in [4.69, 9.17) is 5.73 Å². The molecule has 0 bridgehead atoms. The molecule has 15 heavy (non-hydrogen) atoms. The number of nitro groups is 1. The minimum absolute atomic E-state index is 0.0347. The van der Waals surface area contributed by atoms with Gasteiger partial charge in [-0.15, -0.1) is 0 Å². The second-order valence-corrected chi connectivity index (χ2v) is 3.00. The number of aryl methyl sites for hydroxylation is 1. The lowest BCUT2D eigenvalue weighted by atomic mass is 10.1. The average molecular weight is 206 g/mol. The molecule has 0 aliphatic heterocycles. The molecule has 1 rings (SSSR count). The maximum atomic E-state index is 10.7. The van der Waals surface area contributed by atoms with Gasteiger partial charge in [0.1, 0.15) is 0 Å². The van der Waals surface area contributed by atoms with Gasteiger partial charge in [-0.2, -0.15) is 0 Å². The Hall–Kier alpha value is -2.17. The van der Waals surface area contributed by atoms with Crippen molar-refractivity contribution in [3.63, 3.8) is 0 Å². The lowest BCUT2D eigenvalue weighted by Crippen LogP contribution is -2.05. The second-order valence-electron chi connectivity index (χ2n) is 3.00. The fourth-order valence-corrected chi connectivity index (χ4v) is 1.21. The van der Waals surface area contributed by atoms with Gasteiger partial charge in [0.05, 0.1) is 10.5 Å². The standard InChI is InChI=1S/C10H10N2O3/c1-7-3-2-4-9(12(14)15)8(7)5-6-10(11)13/h2-6H,1H3,(H2,11,13). The molecule has 78 valence electrons. The second kappa shape index (κ2) is 4.36. The molecule has 5 heteroatoms. The Morgan fingerprint density at radius 1 is 1.53 bits per heavy atom. The van der Waals surface area contributed by atoms with E-state index in [1.165, 1.54) is 12.1 Å². The van der Waals surface area contributed by atoms with E-state index in [9.17, 15) is 14.9 Å². The first-order chi connectivity index (χ1) is 7.02.